The van der Waals surface area contributed by atoms with E-state index in [4.69, 9.17) is 16.3 Å². The van der Waals surface area contributed by atoms with E-state index in [1.807, 2.05) is 0 Å². The number of hydrogen-bond donors (Lipinski definition) is 1. The first-order valence-electron chi connectivity index (χ1n) is 7.85. The Morgan fingerprint density at radius 2 is 1.81 bits per heavy atom. The van der Waals surface area contributed by atoms with Gasteiger partial charge in [-0.05, 0) is 42.5 Å². The van der Waals surface area contributed by atoms with E-state index in [2.05, 4.69) is 5.32 Å². The summed E-state index contributed by atoms with van der Waals surface area (Å²) in [5.41, 5.74) is -0.283. The standard InChI is InChI=1S/C19H14ClFN2O4/c1-10(24)27-17-14-9-11(20)3-8-15(14)23(2)19(26)16(17)18(25)22-13-6-4-12(21)5-7-13/h3-9H,1-2H3,(H,22,25). The predicted molar refractivity (Wildman–Crippen MR) is 99.9 cm³/mol. The Balaban J connectivity index is 2.22. The minimum atomic E-state index is -0.791. The van der Waals surface area contributed by atoms with Gasteiger partial charge in [-0.15, -0.1) is 0 Å². The Morgan fingerprint density at radius 3 is 2.44 bits per heavy atom. The fourth-order valence-electron chi connectivity index (χ4n) is 2.67. The maximum Gasteiger partial charge on any atom is 0.308 e. The van der Waals surface area contributed by atoms with E-state index >= 15 is 0 Å². The smallest absolute Gasteiger partial charge is 0.308 e. The molecule has 1 aromatic heterocycles. The van der Waals surface area contributed by atoms with Crippen molar-refractivity contribution < 1.29 is 18.7 Å². The van der Waals surface area contributed by atoms with Crippen LogP contribution in [-0.4, -0.2) is 16.4 Å². The normalized spacial score (nSPS) is 10.7. The van der Waals surface area contributed by atoms with Crippen LogP contribution in [0.25, 0.3) is 10.9 Å². The van der Waals surface area contributed by atoms with E-state index in [-0.39, 0.29) is 17.0 Å². The van der Waals surface area contributed by atoms with E-state index in [0.29, 0.717) is 15.9 Å². The zero-order valence-corrected chi connectivity index (χ0v) is 15.1. The van der Waals surface area contributed by atoms with Crippen LogP contribution in [0.4, 0.5) is 10.1 Å². The summed E-state index contributed by atoms with van der Waals surface area (Å²) in [4.78, 5) is 37.1. The van der Waals surface area contributed by atoms with Crippen LogP contribution >= 0.6 is 11.6 Å². The first kappa shape index (κ1) is 18.6. The first-order chi connectivity index (χ1) is 12.8. The summed E-state index contributed by atoms with van der Waals surface area (Å²) in [6, 6.07) is 9.71. The molecule has 0 aliphatic heterocycles. The van der Waals surface area contributed by atoms with E-state index in [1.54, 1.807) is 12.1 Å². The van der Waals surface area contributed by atoms with Crippen molar-refractivity contribution in [1.29, 1.82) is 0 Å². The average Bonchev–Trinajstić information content (AvgIpc) is 2.61. The Bertz CT molecular complexity index is 1120. The maximum absolute atomic E-state index is 13.0. The van der Waals surface area contributed by atoms with Crippen LogP contribution < -0.4 is 15.6 Å². The molecule has 0 saturated carbocycles. The Kier molecular flexibility index (Phi) is 4.96. The molecule has 0 bridgehead atoms. The van der Waals surface area contributed by atoms with Crippen LogP contribution in [0.3, 0.4) is 0 Å². The molecule has 0 spiro atoms. The highest BCUT2D eigenvalue weighted by molar-refractivity contribution is 6.31. The highest BCUT2D eigenvalue weighted by Crippen LogP contribution is 2.30. The zero-order chi connectivity index (χ0) is 19.7. The summed E-state index contributed by atoms with van der Waals surface area (Å²) >= 11 is 6.03. The van der Waals surface area contributed by atoms with Crippen molar-refractivity contribution in [3.05, 3.63) is 69.2 Å². The number of rotatable bonds is 3. The monoisotopic (exact) mass is 388 g/mol. The number of halogens is 2. The van der Waals surface area contributed by atoms with Crippen LogP contribution in [0.5, 0.6) is 5.75 Å². The molecule has 1 N–H and O–H groups in total. The third-order valence-corrected chi connectivity index (χ3v) is 4.12. The quantitative estimate of drug-likeness (QED) is 0.696. The van der Waals surface area contributed by atoms with E-state index < -0.39 is 23.3 Å². The molecule has 6 nitrogen and oxygen atoms in total. The van der Waals surface area contributed by atoms with Gasteiger partial charge < -0.3 is 14.6 Å². The number of aromatic nitrogens is 1. The number of anilines is 1. The fourth-order valence-corrected chi connectivity index (χ4v) is 2.84. The van der Waals surface area contributed by atoms with Crippen molar-refractivity contribution >= 4 is 40.1 Å². The average molecular weight is 389 g/mol. The molecule has 1 heterocycles. The number of nitrogens with zero attached hydrogens (tertiary/aromatic N) is 1. The van der Waals surface area contributed by atoms with Crippen molar-refractivity contribution in [2.45, 2.75) is 6.92 Å². The number of benzene rings is 2. The summed E-state index contributed by atoms with van der Waals surface area (Å²) in [5.74, 6) is -2.13. The Labute approximate surface area is 158 Å². The summed E-state index contributed by atoms with van der Waals surface area (Å²) in [7, 11) is 1.49. The number of ether oxygens (including phenoxy) is 1. The van der Waals surface area contributed by atoms with Crippen LogP contribution in [0.15, 0.2) is 47.3 Å². The van der Waals surface area contributed by atoms with Crippen molar-refractivity contribution in [2.24, 2.45) is 7.05 Å². The molecule has 0 aliphatic rings. The van der Waals surface area contributed by atoms with Gasteiger partial charge in [-0.25, -0.2) is 4.39 Å². The summed E-state index contributed by atoms with van der Waals surface area (Å²) in [6.07, 6.45) is 0. The van der Waals surface area contributed by atoms with Gasteiger partial charge in [0.25, 0.3) is 11.5 Å². The highest BCUT2D eigenvalue weighted by atomic mass is 35.5. The number of esters is 1. The van der Waals surface area contributed by atoms with E-state index in [9.17, 15) is 18.8 Å². The summed E-state index contributed by atoms with van der Waals surface area (Å²) < 4.78 is 19.5. The van der Waals surface area contributed by atoms with Gasteiger partial charge in [-0.3, -0.25) is 14.4 Å². The molecule has 8 heteroatoms. The number of carbonyl (C=O) groups is 2. The number of nitrogens with one attached hydrogen (secondary N) is 1. The lowest BCUT2D eigenvalue weighted by Gasteiger charge is -2.15. The van der Waals surface area contributed by atoms with Crippen LogP contribution in [-0.2, 0) is 11.8 Å². The third-order valence-electron chi connectivity index (χ3n) is 3.89. The first-order valence-corrected chi connectivity index (χ1v) is 8.23. The van der Waals surface area contributed by atoms with Crippen LogP contribution in [0, 0.1) is 5.82 Å². The molecule has 3 rings (SSSR count). The number of carbonyl (C=O) groups excluding carboxylic acids is 2. The van der Waals surface area contributed by atoms with Crippen molar-refractivity contribution in [1.82, 2.24) is 4.57 Å². The van der Waals surface area contributed by atoms with Gasteiger partial charge in [0.05, 0.1) is 5.52 Å². The van der Waals surface area contributed by atoms with Gasteiger partial charge in [0, 0.05) is 30.1 Å². The molecule has 0 unspecified atom stereocenters. The SMILES string of the molecule is CC(=O)Oc1c(C(=O)Nc2ccc(F)cc2)c(=O)n(C)c2ccc(Cl)cc12. The lowest BCUT2D eigenvalue weighted by atomic mass is 10.1. The number of fused-ring (bicyclic) bond motifs is 1. The van der Waals surface area contributed by atoms with Gasteiger partial charge in [-0.2, -0.15) is 0 Å². The number of pyridine rings is 1. The largest absolute Gasteiger partial charge is 0.425 e. The molecule has 27 heavy (non-hydrogen) atoms. The topological polar surface area (TPSA) is 77.4 Å². The van der Waals surface area contributed by atoms with Gasteiger partial charge in [-0.1, -0.05) is 11.6 Å². The lowest BCUT2D eigenvalue weighted by Crippen LogP contribution is -2.29. The summed E-state index contributed by atoms with van der Waals surface area (Å²) in [6.45, 7) is 1.16. The van der Waals surface area contributed by atoms with Crippen LogP contribution in [0.1, 0.15) is 17.3 Å². The van der Waals surface area contributed by atoms with Gasteiger partial charge in [0.15, 0.2) is 5.75 Å². The molecule has 2 aromatic carbocycles. The molecule has 0 saturated heterocycles. The Morgan fingerprint density at radius 1 is 1.15 bits per heavy atom. The zero-order valence-electron chi connectivity index (χ0n) is 14.4. The second-order valence-corrected chi connectivity index (χ2v) is 6.22. The molecule has 1 amide bonds. The maximum atomic E-state index is 13.0. The third kappa shape index (κ3) is 3.68. The summed E-state index contributed by atoms with van der Waals surface area (Å²) in [5, 5.41) is 3.19. The van der Waals surface area contributed by atoms with E-state index in [1.165, 1.54) is 41.9 Å². The number of aryl methyl sites for hydroxylation is 1. The second kappa shape index (κ2) is 7.20. The minimum Gasteiger partial charge on any atom is -0.425 e. The minimum absolute atomic E-state index is 0.178. The molecule has 138 valence electrons. The van der Waals surface area contributed by atoms with Crippen LogP contribution in [0.2, 0.25) is 5.02 Å². The predicted octanol–water partition coefficient (Wildman–Crippen LogP) is 3.51. The van der Waals surface area contributed by atoms with Crippen molar-refractivity contribution in [3.8, 4) is 5.75 Å². The molecule has 0 atom stereocenters. The fraction of sp³-hybridized carbons (Fsp3) is 0.105. The van der Waals surface area contributed by atoms with Gasteiger partial charge in [0.1, 0.15) is 11.4 Å². The molecule has 0 radical (unpaired) electrons. The van der Waals surface area contributed by atoms with Gasteiger partial charge in [0.2, 0.25) is 0 Å². The Hall–Kier alpha value is -3.19. The molecule has 0 aliphatic carbocycles. The lowest BCUT2D eigenvalue weighted by molar-refractivity contribution is -0.131. The van der Waals surface area contributed by atoms with Crippen molar-refractivity contribution in [3.63, 3.8) is 0 Å². The molecular weight excluding hydrogens is 375 g/mol. The highest BCUT2D eigenvalue weighted by Gasteiger charge is 2.24. The van der Waals surface area contributed by atoms with Gasteiger partial charge >= 0.3 is 5.97 Å². The van der Waals surface area contributed by atoms with E-state index in [0.717, 1.165) is 6.92 Å². The van der Waals surface area contributed by atoms with Crippen molar-refractivity contribution in [2.75, 3.05) is 5.32 Å². The molecule has 3 aromatic rings. The molecular formula is C19H14ClFN2O4. The molecule has 0 fully saturated rings. The number of hydrogen-bond acceptors (Lipinski definition) is 4. The second-order valence-electron chi connectivity index (χ2n) is 5.78. The number of amides is 1.